The number of H-pyrrole nitrogens is 1. The Labute approximate surface area is 215 Å². The molecular weight excluding hydrogens is 525 g/mol. The van der Waals surface area contributed by atoms with Crippen LogP contribution in [0.4, 0.5) is 13.2 Å². The summed E-state index contributed by atoms with van der Waals surface area (Å²) in [4.78, 5) is 18.3. The topological polar surface area (TPSA) is 142 Å². The van der Waals surface area contributed by atoms with Gasteiger partial charge in [0.15, 0.2) is 0 Å². The van der Waals surface area contributed by atoms with E-state index >= 15 is 0 Å². The molecule has 38 heavy (non-hydrogen) atoms. The number of benzene rings is 2. The van der Waals surface area contributed by atoms with E-state index in [2.05, 4.69) is 29.9 Å². The van der Waals surface area contributed by atoms with Crippen LogP contribution in [-0.4, -0.2) is 43.0 Å². The van der Waals surface area contributed by atoms with Crippen molar-refractivity contribution >= 4 is 27.0 Å². The molecule has 0 spiro atoms. The van der Waals surface area contributed by atoms with Crippen LogP contribution in [0.5, 0.6) is 0 Å². The summed E-state index contributed by atoms with van der Waals surface area (Å²) in [5, 5.41) is 6.19. The number of hydrogen-bond donors (Lipinski definition) is 4. The summed E-state index contributed by atoms with van der Waals surface area (Å²) >= 11 is 0. The van der Waals surface area contributed by atoms with Gasteiger partial charge in [0.2, 0.25) is 5.89 Å². The van der Waals surface area contributed by atoms with Crippen LogP contribution in [0.15, 0.2) is 40.9 Å². The summed E-state index contributed by atoms with van der Waals surface area (Å²) in [7, 11) is -2.51. The number of aromatic nitrogens is 3. The maximum absolute atomic E-state index is 14.5. The van der Waals surface area contributed by atoms with Gasteiger partial charge in [-0.25, -0.2) is 17.9 Å². The van der Waals surface area contributed by atoms with Crippen LogP contribution < -0.4 is 14.8 Å². The van der Waals surface area contributed by atoms with Gasteiger partial charge in [-0.3, -0.25) is 4.79 Å². The normalized spacial score (nSPS) is 17.5. The number of carbonyl (C=O) groups is 1. The summed E-state index contributed by atoms with van der Waals surface area (Å²) in [6.45, 7) is -0.170. The van der Waals surface area contributed by atoms with Gasteiger partial charge in [0, 0.05) is 25.0 Å². The van der Waals surface area contributed by atoms with Gasteiger partial charge in [-0.05, 0) is 66.1 Å². The standard InChI is InChI=1S/C24H23F3N6O4S/c1-28-24(34)23-31-19(37-33-23)11-30-38(35,36)29-10-12-6-14(7-12)20-17-8-16(26)9-18(27)22(17)32-21(20)13-2-4-15(25)5-3-13/h2-5,8-9,12,14,29-30,32H,6-7,10-11H2,1H3,(H,28,34)/t12-,14-. The van der Waals surface area contributed by atoms with E-state index in [1.165, 1.54) is 25.2 Å². The molecule has 4 N–H and O–H groups in total. The Morgan fingerprint density at radius 2 is 1.84 bits per heavy atom. The van der Waals surface area contributed by atoms with E-state index in [-0.39, 0.29) is 42.2 Å². The Bertz CT molecular complexity index is 1600. The van der Waals surface area contributed by atoms with Gasteiger partial charge >= 0.3 is 0 Å². The summed E-state index contributed by atoms with van der Waals surface area (Å²) < 4.78 is 76.4. The fourth-order valence-electron chi connectivity index (χ4n) is 4.61. The molecule has 1 fully saturated rings. The Morgan fingerprint density at radius 1 is 1.11 bits per heavy atom. The van der Waals surface area contributed by atoms with Crippen molar-refractivity contribution in [2.75, 3.05) is 13.6 Å². The third-order valence-electron chi connectivity index (χ3n) is 6.52. The van der Waals surface area contributed by atoms with Crippen LogP contribution in [-0.2, 0) is 16.8 Å². The van der Waals surface area contributed by atoms with E-state index in [1.54, 1.807) is 12.1 Å². The zero-order chi connectivity index (χ0) is 27.0. The Kier molecular flexibility index (Phi) is 6.94. The molecule has 1 aliphatic rings. The van der Waals surface area contributed by atoms with Gasteiger partial charge in [0.05, 0.1) is 17.8 Å². The molecule has 5 rings (SSSR count). The number of amides is 1. The van der Waals surface area contributed by atoms with Crippen molar-refractivity contribution in [1.29, 1.82) is 0 Å². The molecule has 0 atom stereocenters. The predicted molar refractivity (Wildman–Crippen MR) is 131 cm³/mol. The van der Waals surface area contributed by atoms with E-state index in [0.29, 0.717) is 35.0 Å². The lowest BCUT2D eigenvalue weighted by atomic mass is 9.70. The molecule has 2 heterocycles. The number of rotatable bonds is 9. The van der Waals surface area contributed by atoms with Crippen molar-refractivity contribution in [2.24, 2.45) is 5.92 Å². The van der Waals surface area contributed by atoms with Crippen LogP contribution in [0.25, 0.3) is 22.2 Å². The summed E-state index contributed by atoms with van der Waals surface area (Å²) in [5.41, 5.74) is 2.08. The quantitative estimate of drug-likeness (QED) is 0.253. The smallest absolute Gasteiger partial charge is 0.292 e. The minimum Gasteiger partial charge on any atom is -0.352 e. The van der Waals surface area contributed by atoms with Gasteiger partial charge in [0.1, 0.15) is 17.5 Å². The highest BCUT2D eigenvalue weighted by Crippen LogP contribution is 2.48. The number of hydrogen-bond acceptors (Lipinski definition) is 6. The first-order chi connectivity index (χ1) is 18.1. The number of carbonyl (C=O) groups excluding carboxylic acids is 1. The highest BCUT2D eigenvalue weighted by molar-refractivity contribution is 7.87. The Balaban J connectivity index is 1.25. The first-order valence-electron chi connectivity index (χ1n) is 11.7. The van der Waals surface area contributed by atoms with Gasteiger partial charge in [-0.1, -0.05) is 5.16 Å². The van der Waals surface area contributed by atoms with E-state index < -0.39 is 33.6 Å². The van der Waals surface area contributed by atoms with Gasteiger partial charge < -0.3 is 14.8 Å². The predicted octanol–water partition coefficient (Wildman–Crippen LogP) is 3.11. The van der Waals surface area contributed by atoms with Gasteiger partial charge in [-0.15, -0.1) is 0 Å². The second-order valence-electron chi connectivity index (χ2n) is 9.03. The summed E-state index contributed by atoms with van der Waals surface area (Å²) in [6, 6.07) is 7.78. The van der Waals surface area contributed by atoms with E-state index in [9.17, 15) is 26.4 Å². The molecule has 0 radical (unpaired) electrons. The lowest BCUT2D eigenvalue weighted by Gasteiger charge is -2.36. The number of nitrogens with one attached hydrogen (secondary N) is 4. The molecule has 1 aliphatic carbocycles. The van der Waals surface area contributed by atoms with Crippen molar-refractivity contribution < 1.29 is 30.9 Å². The molecule has 0 bridgehead atoms. The average Bonchev–Trinajstić information content (AvgIpc) is 3.48. The molecule has 200 valence electrons. The molecule has 1 saturated carbocycles. The van der Waals surface area contributed by atoms with Crippen LogP contribution in [0.2, 0.25) is 0 Å². The number of aromatic amines is 1. The van der Waals surface area contributed by atoms with Crippen molar-refractivity contribution in [3.05, 3.63) is 71.1 Å². The largest absolute Gasteiger partial charge is 0.352 e. The zero-order valence-electron chi connectivity index (χ0n) is 20.0. The molecule has 0 saturated heterocycles. The molecular formula is C24H23F3N6O4S. The number of fused-ring (bicyclic) bond motifs is 1. The highest BCUT2D eigenvalue weighted by atomic mass is 32.2. The number of nitrogens with zero attached hydrogens (tertiary/aromatic N) is 2. The maximum Gasteiger partial charge on any atom is 0.292 e. The van der Waals surface area contributed by atoms with Crippen LogP contribution >= 0.6 is 0 Å². The molecule has 2 aromatic heterocycles. The van der Waals surface area contributed by atoms with Crippen molar-refractivity contribution in [3.63, 3.8) is 0 Å². The zero-order valence-corrected chi connectivity index (χ0v) is 20.8. The maximum atomic E-state index is 14.5. The molecule has 1 amide bonds. The second kappa shape index (κ2) is 10.2. The average molecular weight is 549 g/mol. The van der Waals surface area contributed by atoms with Gasteiger partial charge in [-0.2, -0.15) is 18.1 Å². The molecule has 2 aromatic carbocycles. The Hall–Kier alpha value is -3.75. The highest BCUT2D eigenvalue weighted by Gasteiger charge is 2.35. The van der Waals surface area contributed by atoms with Crippen molar-refractivity contribution in [3.8, 4) is 11.3 Å². The lowest BCUT2D eigenvalue weighted by molar-refractivity contribution is 0.0950. The molecule has 4 aromatic rings. The minimum atomic E-state index is -3.91. The third kappa shape index (κ3) is 5.28. The Morgan fingerprint density at radius 3 is 2.55 bits per heavy atom. The fourth-order valence-corrected chi connectivity index (χ4v) is 5.48. The lowest BCUT2D eigenvalue weighted by Crippen LogP contribution is -2.41. The number of halogens is 3. The minimum absolute atomic E-state index is 0.0238. The van der Waals surface area contributed by atoms with Crippen LogP contribution in [0.3, 0.4) is 0 Å². The molecule has 0 unspecified atom stereocenters. The third-order valence-corrected chi connectivity index (χ3v) is 7.59. The van der Waals surface area contributed by atoms with Crippen LogP contribution in [0.1, 0.15) is 40.8 Å². The first kappa shape index (κ1) is 25.9. The van der Waals surface area contributed by atoms with E-state index in [4.69, 9.17) is 4.52 Å². The van der Waals surface area contributed by atoms with Crippen molar-refractivity contribution in [1.82, 2.24) is 29.9 Å². The van der Waals surface area contributed by atoms with Crippen LogP contribution in [0, 0.1) is 23.4 Å². The van der Waals surface area contributed by atoms with E-state index in [0.717, 1.165) is 6.07 Å². The second-order valence-corrected chi connectivity index (χ2v) is 10.6. The molecule has 10 nitrogen and oxygen atoms in total. The first-order valence-corrected chi connectivity index (χ1v) is 13.2. The van der Waals surface area contributed by atoms with Gasteiger partial charge in [0.25, 0.3) is 21.9 Å². The summed E-state index contributed by atoms with van der Waals surface area (Å²) in [6.07, 6.45) is 1.14. The summed E-state index contributed by atoms with van der Waals surface area (Å²) in [5.74, 6) is -2.83. The monoisotopic (exact) mass is 548 g/mol. The SMILES string of the molecule is CNC(=O)c1noc(CNS(=O)(=O)NC[C@H]2C[C@H](c3c(-c4ccc(F)cc4)[nH]c4c(F)cc(F)cc43)C2)n1. The van der Waals surface area contributed by atoms with E-state index in [1.807, 2.05) is 0 Å². The van der Waals surface area contributed by atoms with Crippen molar-refractivity contribution in [2.45, 2.75) is 25.3 Å². The fraction of sp³-hybridized carbons (Fsp3) is 0.292. The molecule has 14 heteroatoms. The molecule has 0 aliphatic heterocycles.